The zero-order valence-electron chi connectivity index (χ0n) is 14.8. The van der Waals surface area contributed by atoms with Crippen molar-refractivity contribution in [2.24, 2.45) is 0 Å². The van der Waals surface area contributed by atoms with E-state index in [2.05, 4.69) is 15.3 Å². The highest BCUT2D eigenvalue weighted by Crippen LogP contribution is 2.17. The zero-order valence-corrected chi connectivity index (χ0v) is 14.8. The molecule has 0 radical (unpaired) electrons. The third kappa shape index (κ3) is 4.94. The van der Waals surface area contributed by atoms with Crippen LogP contribution in [0, 0.1) is 0 Å². The first-order valence-corrected chi connectivity index (χ1v) is 8.37. The van der Waals surface area contributed by atoms with Crippen molar-refractivity contribution >= 4 is 5.91 Å². The molecule has 3 aromatic rings. The molecule has 0 aliphatic carbocycles. The molecule has 1 aromatic heterocycles. The maximum atomic E-state index is 12.3. The van der Waals surface area contributed by atoms with Gasteiger partial charge in [-0.05, 0) is 30.3 Å². The van der Waals surface area contributed by atoms with Crippen molar-refractivity contribution in [3.05, 3.63) is 76.8 Å². The highest BCUT2D eigenvalue weighted by Gasteiger charge is 2.10. The number of aromatic nitrogens is 2. The van der Waals surface area contributed by atoms with Crippen LogP contribution < -0.4 is 20.5 Å². The molecule has 138 valence electrons. The molecule has 1 heterocycles. The summed E-state index contributed by atoms with van der Waals surface area (Å²) in [5.41, 5.74) is 0.786. The van der Waals surface area contributed by atoms with Crippen LogP contribution in [0.15, 0.2) is 65.5 Å². The summed E-state index contributed by atoms with van der Waals surface area (Å²) >= 11 is 0. The number of hydrogen-bond donors (Lipinski definition) is 2. The fraction of sp³-hybridized carbons (Fsp3) is 0.150. The number of rotatable bonds is 7. The van der Waals surface area contributed by atoms with Crippen LogP contribution in [0.25, 0.3) is 11.3 Å². The molecule has 1 amide bonds. The van der Waals surface area contributed by atoms with Gasteiger partial charge in [-0.2, -0.15) is 4.98 Å². The van der Waals surface area contributed by atoms with E-state index in [9.17, 15) is 9.59 Å². The van der Waals surface area contributed by atoms with Crippen LogP contribution in [-0.4, -0.2) is 36.1 Å². The number of amides is 1. The van der Waals surface area contributed by atoms with Crippen LogP contribution in [0.4, 0.5) is 0 Å². The summed E-state index contributed by atoms with van der Waals surface area (Å²) in [5, 5.41) is 2.71. The van der Waals surface area contributed by atoms with Gasteiger partial charge < -0.3 is 19.8 Å². The molecule has 0 bridgehead atoms. The highest BCUT2D eigenvalue weighted by molar-refractivity contribution is 5.93. The Balaban J connectivity index is 1.57. The van der Waals surface area contributed by atoms with E-state index < -0.39 is 11.6 Å². The second kappa shape index (κ2) is 8.66. The molecule has 0 saturated heterocycles. The Morgan fingerprint density at radius 1 is 1.07 bits per heavy atom. The summed E-state index contributed by atoms with van der Waals surface area (Å²) in [4.78, 5) is 30.4. The van der Waals surface area contributed by atoms with Gasteiger partial charge in [-0.15, -0.1) is 0 Å². The molecule has 7 nitrogen and oxygen atoms in total. The van der Waals surface area contributed by atoms with Crippen LogP contribution in [0.3, 0.4) is 0 Å². The van der Waals surface area contributed by atoms with Crippen LogP contribution >= 0.6 is 0 Å². The predicted octanol–water partition coefficient (Wildman–Crippen LogP) is 2.25. The molecule has 0 aliphatic rings. The fourth-order valence-electron chi connectivity index (χ4n) is 2.44. The van der Waals surface area contributed by atoms with E-state index >= 15 is 0 Å². The van der Waals surface area contributed by atoms with E-state index in [0.29, 0.717) is 18.1 Å². The maximum Gasteiger partial charge on any atom is 0.346 e. The molecule has 2 N–H and O–H groups in total. The summed E-state index contributed by atoms with van der Waals surface area (Å²) in [5.74, 6) is 1.02. The Morgan fingerprint density at radius 2 is 1.78 bits per heavy atom. The Morgan fingerprint density at radius 3 is 2.48 bits per heavy atom. The fourth-order valence-corrected chi connectivity index (χ4v) is 2.44. The van der Waals surface area contributed by atoms with Gasteiger partial charge in [0.25, 0.3) is 5.91 Å². The maximum absolute atomic E-state index is 12.3. The summed E-state index contributed by atoms with van der Waals surface area (Å²) < 4.78 is 10.6. The van der Waals surface area contributed by atoms with Crippen molar-refractivity contribution in [3.8, 4) is 22.8 Å². The smallest absolute Gasteiger partial charge is 0.346 e. The van der Waals surface area contributed by atoms with E-state index in [-0.39, 0.29) is 12.2 Å². The average Bonchev–Trinajstić information content (AvgIpc) is 2.71. The number of H-pyrrole nitrogens is 1. The third-order valence-electron chi connectivity index (χ3n) is 3.77. The lowest BCUT2D eigenvalue weighted by Gasteiger charge is -2.09. The standard InChI is InChI=1S/C20H19N3O4/c1-26-15-7-9-16(10-8-15)27-12-11-21-19(24)18-13-17(22-20(25)23-18)14-5-3-2-4-6-14/h2-10,13H,11-12H2,1H3,(H,21,24)(H,22,23,25). The molecule has 3 rings (SSSR count). The largest absolute Gasteiger partial charge is 0.497 e. The van der Waals surface area contributed by atoms with Crippen molar-refractivity contribution in [2.45, 2.75) is 0 Å². The number of benzene rings is 2. The summed E-state index contributed by atoms with van der Waals surface area (Å²) in [6, 6.07) is 17.9. The van der Waals surface area contributed by atoms with E-state index in [1.807, 2.05) is 30.3 Å². The van der Waals surface area contributed by atoms with Gasteiger partial charge in [0.05, 0.1) is 19.3 Å². The molecule has 0 unspecified atom stereocenters. The molecule has 0 fully saturated rings. The molecule has 2 aromatic carbocycles. The van der Waals surface area contributed by atoms with Crippen LogP contribution in [0.1, 0.15) is 10.5 Å². The summed E-state index contributed by atoms with van der Waals surface area (Å²) in [6.45, 7) is 0.578. The van der Waals surface area contributed by atoms with Crippen molar-refractivity contribution in [2.75, 3.05) is 20.3 Å². The van der Waals surface area contributed by atoms with Crippen LogP contribution in [-0.2, 0) is 0 Å². The van der Waals surface area contributed by atoms with Crippen molar-refractivity contribution in [3.63, 3.8) is 0 Å². The minimum absolute atomic E-state index is 0.151. The molecule has 0 spiro atoms. The second-order valence-corrected chi connectivity index (χ2v) is 5.63. The average molecular weight is 365 g/mol. The second-order valence-electron chi connectivity index (χ2n) is 5.63. The molecule has 0 aliphatic heterocycles. The summed E-state index contributed by atoms with van der Waals surface area (Å²) in [7, 11) is 1.60. The molecular formula is C20H19N3O4. The number of nitrogens with one attached hydrogen (secondary N) is 2. The van der Waals surface area contributed by atoms with E-state index in [1.165, 1.54) is 0 Å². The lowest BCUT2D eigenvalue weighted by atomic mass is 10.1. The zero-order chi connectivity index (χ0) is 19.1. The van der Waals surface area contributed by atoms with Gasteiger partial charge in [-0.1, -0.05) is 30.3 Å². The van der Waals surface area contributed by atoms with Gasteiger partial charge >= 0.3 is 5.69 Å². The van der Waals surface area contributed by atoms with Gasteiger partial charge in [-0.25, -0.2) is 4.79 Å². The van der Waals surface area contributed by atoms with Crippen LogP contribution in [0.5, 0.6) is 11.5 Å². The van der Waals surface area contributed by atoms with Gasteiger partial charge in [-0.3, -0.25) is 4.79 Å². The number of nitrogens with zero attached hydrogens (tertiary/aromatic N) is 1. The number of ether oxygens (including phenoxy) is 2. The topological polar surface area (TPSA) is 93.3 Å². The van der Waals surface area contributed by atoms with E-state index in [0.717, 1.165) is 11.3 Å². The molecule has 0 atom stereocenters. The Labute approximate surface area is 156 Å². The number of hydrogen-bond acceptors (Lipinski definition) is 5. The van der Waals surface area contributed by atoms with Gasteiger partial charge in [0.15, 0.2) is 0 Å². The predicted molar refractivity (Wildman–Crippen MR) is 101 cm³/mol. The Kier molecular flexibility index (Phi) is 5.84. The number of aromatic amines is 1. The van der Waals surface area contributed by atoms with Crippen molar-refractivity contribution < 1.29 is 14.3 Å². The number of methoxy groups -OCH3 is 1. The molecule has 7 heteroatoms. The minimum Gasteiger partial charge on any atom is -0.497 e. The number of carbonyl (C=O) groups excluding carboxylic acids is 1. The van der Waals surface area contributed by atoms with E-state index in [1.54, 1.807) is 37.4 Å². The van der Waals surface area contributed by atoms with Crippen molar-refractivity contribution in [1.29, 1.82) is 0 Å². The molecule has 0 saturated carbocycles. The molecule has 27 heavy (non-hydrogen) atoms. The van der Waals surface area contributed by atoms with E-state index in [4.69, 9.17) is 9.47 Å². The van der Waals surface area contributed by atoms with Crippen molar-refractivity contribution in [1.82, 2.24) is 15.3 Å². The molecular weight excluding hydrogens is 346 g/mol. The monoisotopic (exact) mass is 365 g/mol. The quantitative estimate of drug-likeness (QED) is 0.627. The normalized spacial score (nSPS) is 10.3. The van der Waals surface area contributed by atoms with Gasteiger partial charge in [0.1, 0.15) is 23.8 Å². The third-order valence-corrected chi connectivity index (χ3v) is 3.77. The Hall–Kier alpha value is -3.61. The minimum atomic E-state index is -0.573. The van der Waals surface area contributed by atoms with Crippen LogP contribution in [0.2, 0.25) is 0 Å². The number of carbonyl (C=O) groups is 1. The highest BCUT2D eigenvalue weighted by atomic mass is 16.5. The Bertz CT molecular complexity index is 953. The first-order chi connectivity index (χ1) is 13.2. The SMILES string of the molecule is COc1ccc(OCCNC(=O)c2cc(-c3ccccc3)nc(=O)[nH]2)cc1. The lowest BCUT2D eigenvalue weighted by molar-refractivity contribution is 0.0941. The first kappa shape index (κ1) is 18.2. The van der Waals surface area contributed by atoms with Gasteiger partial charge in [0.2, 0.25) is 0 Å². The van der Waals surface area contributed by atoms with Gasteiger partial charge in [0, 0.05) is 5.56 Å². The summed E-state index contributed by atoms with van der Waals surface area (Å²) in [6.07, 6.45) is 0. The first-order valence-electron chi connectivity index (χ1n) is 8.37. The lowest BCUT2D eigenvalue weighted by Crippen LogP contribution is -2.30.